The molecule has 7 heteroatoms. The van der Waals surface area contributed by atoms with Crippen LogP contribution in [0.1, 0.15) is 24.2 Å². The van der Waals surface area contributed by atoms with E-state index >= 15 is 0 Å². The van der Waals surface area contributed by atoms with Crippen LogP contribution in [0.25, 0.3) is 0 Å². The molecule has 1 unspecified atom stereocenters. The largest absolute Gasteiger partial charge is 0.381 e. The molecule has 126 valence electrons. The summed E-state index contributed by atoms with van der Waals surface area (Å²) in [4.78, 5) is 0. The summed E-state index contributed by atoms with van der Waals surface area (Å²) in [6.07, 6.45) is 2.40. The number of nitrogens with zero attached hydrogens (tertiary/aromatic N) is 3. The molecule has 0 radical (unpaired) electrons. The Morgan fingerprint density at radius 2 is 2.09 bits per heavy atom. The van der Waals surface area contributed by atoms with Crippen molar-refractivity contribution in [1.82, 2.24) is 14.8 Å². The van der Waals surface area contributed by atoms with E-state index in [2.05, 4.69) is 26.9 Å². The molecule has 1 aromatic heterocycles. The van der Waals surface area contributed by atoms with E-state index in [9.17, 15) is 0 Å². The second-order valence-corrected chi connectivity index (χ2v) is 6.56. The zero-order valence-corrected chi connectivity index (χ0v) is 14.7. The highest BCUT2D eigenvalue weighted by molar-refractivity contribution is 7.99. The number of halogens is 1. The minimum Gasteiger partial charge on any atom is -0.381 e. The van der Waals surface area contributed by atoms with E-state index in [1.54, 1.807) is 11.8 Å². The van der Waals surface area contributed by atoms with Crippen LogP contribution in [-0.2, 0) is 17.8 Å². The van der Waals surface area contributed by atoms with Gasteiger partial charge in [-0.15, -0.1) is 22.6 Å². The van der Waals surface area contributed by atoms with E-state index in [0.717, 1.165) is 42.9 Å². The molecule has 1 fully saturated rings. The van der Waals surface area contributed by atoms with Gasteiger partial charge in [0.25, 0.3) is 0 Å². The molecule has 1 atom stereocenters. The summed E-state index contributed by atoms with van der Waals surface area (Å²) in [5.41, 5.74) is 7.04. The molecule has 1 aliphatic rings. The van der Waals surface area contributed by atoms with Gasteiger partial charge < -0.3 is 15.0 Å². The quantitative estimate of drug-likeness (QED) is 0.808. The topological polar surface area (TPSA) is 66.0 Å². The van der Waals surface area contributed by atoms with Gasteiger partial charge in [-0.25, -0.2) is 0 Å². The number of ether oxygens (including phenoxy) is 1. The standard InChI is InChI=1S/C16H22N4OS.ClH/c17-9-15-18-19-16(22-12-14-7-4-8-21-11-14)20(15)10-13-5-2-1-3-6-13;/h1-3,5-6,14H,4,7-12,17H2;1H. The van der Waals surface area contributed by atoms with Crippen molar-refractivity contribution >= 4 is 24.2 Å². The van der Waals surface area contributed by atoms with Crippen LogP contribution >= 0.6 is 24.2 Å². The van der Waals surface area contributed by atoms with Gasteiger partial charge in [0.1, 0.15) is 5.82 Å². The van der Waals surface area contributed by atoms with Gasteiger partial charge in [0, 0.05) is 12.4 Å². The second-order valence-electron chi connectivity index (χ2n) is 5.57. The molecule has 23 heavy (non-hydrogen) atoms. The molecule has 1 saturated heterocycles. The van der Waals surface area contributed by atoms with Crippen LogP contribution in [0.3, 0.4) is 0 Å². The third-order valence-corrected chi connectivity index (χ3v) is 5.06. The fourth-order valence-corrected chi connectivity index (χ4v) is 3.70. The molecule has 0 spiro atoms. The lowest BCUT2D eigenvalue weighted by atomic mass is 10.1. The van der Waals surface area contributed by atoms with Gasteiger partial charge >= 0.3 is 0 Å². The third-order valence-electron chi connectivity index (χ3n) is 3.86. The average molecular weight is 355 g/mol. The van der Waals surface area contributed by atoms with E-state index in [0.29, 0.717) is 12.5 Å². The molecule has 2 aromatic rings. The lowest BCUT2D eigenvalue weighted by Gasteiger charge is -2.21. The summed E-state index contributed by atoms with van der Waals surface area (Å²) in [6.45, 7) is 2.95. The summed E-state index contributed by atoms with van der Waals surface area (Å²) < 4.78 is 7.68. The molecule has 1 aromatic carbocycles. The number of hydrogen-bond donors (Lipinski definition) is 1. The number of thioether (sulfide) groups is 1. The summed E-state index contributed by atoms with van der Waals surface area (Å²) in [7, 11) is 0. The normalized spacial score (nSPS) is 17.7. The highest BCUT2D eigenvalue weighted by Crippen LogP contribution is 2.25. The predicted octanol–water partition coefficient (Wildman–Crippen LogP) is 2.73. The minimum atomic E-state index is 0. The minimum absolute atomic E-state index is 0. The Kier molecular flexibility index (Phi) is 7.36. The molecule has 5 nitrogen and oxygen atoms in total. The summed E-state index contributed by atoms with van der Waals surface area (Å²) in [6, 6.07) is 10.4. The average Bonchev–Trinajstić information content (AvgIpc) is 2.97. The number of rotatable bonds is 6. The first kappa shape index (κ1) is 18.3. The monoisotopic (exact) mass is 354 g/mol. The van der Waals surface area contributed by atoms with Crippen molar-refractivity contribution in [2.75, 3.05) is 19.0 Å². The van der Waals surface area contributed by atoms with Crippen molar-refractivity contribution in [2.45, 2.75) is 31.1 Å². The van der Waals surface area contributed by atoms with E-state index in [1.807, 2.05) is 18.2 Å². The maximum Gasteiger partial charge on any atom is 0.191 e. The Bertz CT molecular complexity index is 587. The molecule has 2 N–H and O–H groups in total. The van der Waals surface area contributed by atoms with E-state index < -0.39 is 0 Å². The first-order valence-electron chi connectivity index (χ1n) is 7.73. The first-order valence-corrected chi connectivity index (χ1v) is 8.72. The highest BCUT2D eigenvalue weighted by Gasteiger charge is 2.17. The molecular weight excluding hydrogens is 332 g/mol. The van der Waals surface area contributed by atoms with Gasteiger partial charge in [-0.3, -0.25) is 0 Å². The fourth-order valence-electron chi connectivity index (χ4n) is 2.63. The Balaban J connectivity index is 0.00000192. The first-order chi connectivity index (χ1) is 10.9. The van der Waals surface area contributed by atoms with Crippen LogP contribution < -0.4 is 5.73 Å². The molecule has 2 heterocycles. The Labute approximate surface area is 147 Å². The summed E-state index contributed by atoms with van der Waals surface area (Å²) >= 11 is 1.76. The number of aromatic nitrogens is 3. The van der Waals surface area contributed by atoms with Crippen LogP contribution in [0, 0.1) is 5.92 Å². The van der Waals surface area contributed by atoms with Crippen molar-refractivity contribution in [1.29, 1.82) is 0 Å². The van der Waals surface area contributed by atoms with Gasteiger partial charge in [-0.2, -0.15) is 0 Å². The van der Waals surface area contributed by atoms with Crippen LogP contribution in [-0.4, -0.2) is 33.7 Å². The van der Waals surface area contributed by atoms with Gasteiger partial charge in [0.05, 0.1) is 19.7 Å². The SMILES string of the molecule is Cl.NCc1nnc(SCC2CCCOC2)n1Cc1ccccc1. The van der Waals surface area contributed by atoms with E-state index in [4.69, 9.17) is 10.5 Å². The van der Waals surface area contributed by atoms with Crippen molar-refractivity contribution < 1.29 is 4.74 Å². The molecule has 0 saturated carbocycles. The van der Waals surface area contributed by atoms with Crippen molar-refractivity contribution in [3.63, 3.8) is 0 Å². The van der Waals surface area contributed by atoms with Gasteiger partial charge in [0.2, 0.25) is 0 Å². The molecule has 3 rings (SSSR count). The van der Waals surface area contributed by atoms with Crippen molar-refractivity contribution in [3.05, 3.63) is 41.7 Å². The van der Waals surface area contributed by atoms with Gasteiger partial charge in [0.15, 0.2) is 5.16 Å². The number of benzene rings is 1. The molecule has 1 aliphatic heterocycles. The van der Waals surface area contributed by atoms with Gasteiger partial charge in [-0.1, -0.05) is 42.1 Å². The fraction of sp³-hybridized carbons (Fsp3) is 0.500. The Morgan fingerprint density at radius 3 is 2.78 bits per heavy atom. The van der Waals surface area contributed by atoms with Crippen molar-refractivity contribution in [3.8, 4) is 0 Å². The van der Waals surface area contributed by atoms with E-state index in [1.165, 1.54) is 12.0 Å². The van der Waals surface area contributed by atoms with E-state index in [-0.39, 0.29) is 12.4 Å². The molecular formula is C16H23ClN4OS. The summed E-state index contributed by atoms with van der Waals surface area (Å²) in [5.74, 6) is 2.48. The highest BCUT2D eigenvalue weighted by atomic mass is 35.5. The summed E-state index contributed by atoms with van der Waals surface area (Å²) in [5, 5.41) is 9.51. The van der Waals surface area contributed by atoms with Crippen LogP contribution in [0.5, 0.6) is 0 Å². The van der Waals surface area contributed by atoms with Crippen LogP contribution in [0.15, 0.2) is 35.5 Å². The lowest BCUT2D eigenvalue weighted by Crippen LogP contribution is -2.19. The van der Waals surface area contributed by atoms with Gasteiger partial charge in [-0.05, 0) is 24.3 Å². The maximum absolute atomic E-state index is 5.80. The Hall–Kier alpha value is -1.08. The van der Waals surface area contributed by atoms with Crippen LogP contribution in [0.4, 0.5) is 0 Å². The molecule has 0 bridgehead atoms. The lowest BCUT2D eigenvalue weighted by molar-refractivity contribution is 0.0632. The zero-order valence-electron chi connectivity index (χ0n) is 13.1. The zero-order chi connectivity index (χ0) is 15.2. The molecule has 0 aliphatic carbocycles. The predicted molar refractivity (Wildman–Crippen MR) is 95.0 cm³/mol. The molecule has 0 amide bonds. The van der Waals surface area contributed by atoms with Crippen molar-refractivity contribution in [2.24, 2.45) is 11.7 Å². The third kappa shape index (κ3) is 4.94. The second kappa shape index (κ2) is 9.27. The Morgan fingerprint density at radius 1 is 1.26 bits per heavy atom. The smallest absolute Gasteiger partial charge is 0.191 e. The van der Waals surface area contributed by atoms with Crippen LogP contribution in [0.2, 0.25) is 0 Å². The maximum atomic E-state index is 5.80. The number of nitrogens with two attached hydrogens (primary N) is 1. The number of hydrogen-bond acceptors (Lipinski definition) is 5.